The third kappa shape index (κ3) is 8.93. The summed E-state index contributed by atoms with van der Waals surface area (Å²) in [7, 11) is 0. The second-order valence-electron chi connectivity index (χ2n) is 0. The maximum absolute atomic E-state index is 0. The van der Waals surface area contributed by atoms with Crippen LogP contribution in [0.2, 0.25) is 0 Å². The summed E-state index contributed by atoms with van der Waals surface area (Å²) in [6, 6.07) is 0. The first-order valence-electron chi connectivity index (χ1n) is 0. The fourth-order valence-corrected chi connectivity index (χ4v) is 0. The Balaban J connectivity index is 0. The molecule has 0 aromatic carbocycles. The quantitative estimate of drug-likeness (QED) is 0.381. The van der Waals surface area contributed by atoms with Gasteiger partial charge in [0.2, 0.25) is 0 Å². The maximum Gasteiger partial charge on any atom is 0 e. The van der Waals surface area contributed by atoms with E-state index in [1.54, 1.807) is 0 Å². The van der Waals surface area contributed by atoms with Crippen molar-refractivity contribution < 1.29 is 25.0 Å². The molecule has 0 aromatic heterocycles. The smallest absolute Gasteiger partial charge is 0 e. The molecule has 0 saturated heterocycles. The van der Waals surface area contributed by atoms with Crippen molar-refractivity contribution in [1.29, 1.82) is 0 Å². The second-order valence-corrected chi connectivity index (χ2v) is 0. The van der Waals surface area contributed by atoms with Crippen molar-refractivity contribution in [2.45, 2.75) is 0 Å². The summed E-state index contributed by atoms with van der Waals surface area (Å²) in [5.41, 5.74) is 0. The van der Waals surface area contributed by atoms with Crippen molar-refractivity contribution in [1.82, 2.24) is 0 Å². The molecule has 0 fully saturated rings. The van der Waals surface area contributed by atoms with Crippen LogP contribution in [-0.2, 0) is 25.0 Å². The second kappa shape index (κ2) is 19.4. The summed E-state index contributed by atoms with van der Waals surface area (Å²) in [4.78, 5) is 0. The van der Waals surface area contributed by atoms with Crippen LogP contribution >= 0.6 is 0 Å². The summed E-state index contributed by atoms with van der Waals surface area (Å²) in [6.07, 6.45) is 0. The van der Waals surface area contributed by atoms with Crippen LogP contribution in [0.5, 0.6) is 0 Å². The molecule has 0 bridgehead atoms. The molecule has 6 radical (unpaired) electrons. The van der Waals surface area contributed by atoms with Gasteiger partial charge in [0, 0.05) is 71.1 Å². The Morgan fingerprint density at radius 1 is 0.750 bits per heavy atom. The minimum absolute atomic E-state index is 0. The topological polar surface area (TPSA) is 28.5 Å². The van der Waals surface area contributed by atoms with Crippen molar-refractivity contribution in [3.8, 4) is 0 Å². The minimum Gasteiger partial charge on any atom is 0 e. The number of rotatable bonds is 0. The first kappa shape index (κ1) is 35.8. The molecule has 4 heavy (non-hydrogen) atoms. The van der Waals surface area contributed by atoms with E-state index in [-0.39, 0.29) is 71.1 Å². The van der Waals surface area contributed by atoms with Crippen LogP contribution in [0.4, 0.5) is 0 Å². The number of hydrogen-bond acceptors (Lipinski definition) is 0. The summed E-state index contributed by atoms with van der Waals surface area (Å²) >= 11 is 0. The molecule has 0 saturated carbocycles. The van der Waals surface area contributed by atoms with E-state index in [9.17, 15) is 0 Å². The van der Waals surface area contributed by atoms with Crippen LogP contribution in [0.15, 0.2) is 0 Å². The summed E-state index contributed by atoms with van der Waals surface area (Å²) in [5, 5.41) is 0. The van der Waals surface area contributed by atoms with E-state index in [2.05, 4.69) is 0 Å². The molecule has 1 nitrogen and oxygen atoms in total. The van der Waals surface area contributed by atoms with E-state index in [0.717, 1.165) is 0 Å². The van der Waals surface area contributed by atoms with Gasteiger partial charge in [0.1, 0.15) is 0 Å². The predicted octanol–water partition coefficient (Wildman–Crippen LogP) is -0.883. The first-order valence-corrected chi connectivity index (χ1v) is 0. The average Bonchev–Trinajstić information content (AvgIpc) is 0. The van der Waals surface area contributed by atoms with Crippen molar-refractivity contribution in [2.75, 3.05) is 0 Å². The van der Waals surface area contributed by atoms with Crippen LogP contribution in [0.25, 0.3) is 0 Å². The zero-order chi connectivity index (χ0) is 0. The molecule has 0 heterocycles. The Bertz CT molecular complexity index is 6.00. The Morgan fingerprint density at radius 2 is 0.750 bits per heavy atom. The summed E-state index contributed by atoms with van der Waals surface area (Å²) in [5.74, 6) is 0. The fourth-order valence-electron chi connectivity index (χ4n) is 0. The van der Waals surface area contributed by atoms with Crippen LogP contribution in [0, 0.1) is 0 Å². The Kier molecular flexibility index (Phi) is 173. The maximum atomic E-state index is 0. The van der Waals surface area contributed by atoms with E-state index >= 15 is 0 Å². The standard InChI is InChI=1S/2Mg.O.Zn. The molecular formula is Mg2OZn. The van der Waals surface area contributed by atoms with Crippen LogP contribution < -0.4 is 0 Å². The van der Waals surface area contributed by atoms with Gasteiger partial charge in [-0.25, -0.2) is 0 Å². The monoisotopic (exact) mass is 128 g/mol. The summed E-state index contributed by atoms with van der Waals surface area (Å²) in [6.45, 7) is 0. The molecule has 0 unspecified atom stereocenters. The molecule has 0 atom stereocenters. The van der Waals surface area contributed by atoms with Gasteiger partial charge in [0.05, 0.1) is 0 Å². The number of hydrogen-bond donors (Lipinski definition) is 0. The predicted molar refractivity (Wildman–Crippen MR) is 12.2 cm³/mol. The molecule has 0 aliphatic carbocycles. The van der Waals surface area contributed by atoms with Crippen molar-refractivity contribution >= 4 is 46.1 Å². The fraction of sp³-hybridized carbons (Fsp3) is 0. The van der Waals surface area contributed by atoms with E-state index in [1.165, 1.54) is 0 Å². The van der Waals surface area contributed by atoms with Crippen molar-refractivity contribution in [2.24, 2.45) is 0 Å². The van der Waals surface area contributed by atoms with Gasteiger partial charge in [-0.05, 0) is 0 Å². The Labute approximate surface area is 70.3 Å². The third-order valence-corrected chi connectivity index (χ3v) is 0. The molecule has 0 aliphatic rings. The molecule has 0 rings (SSSR count). The zero-order valence-electron chi connectivity index (χ0n) is 2.53. The van der Waals surface area contributed by atoms with Crippen molar-refractivity contribution in [3.05, 3.63) is 0 Å². The largest absolute Gasteiger partial charge is 0 e. The molecule has 12 valence electrons. The van der Waals surface area contributed by atoms with Gasteiger partial charge in [-0.2, -0.15) is 0 Å². The molecule has 0 aromatic rings. The Morgan fingerprint density at radius 3 is 0.750 bits per heavy atom. The van der Waals surface area contributed by atoms with E-state index in [4.69, 9.17) is 0 Å². The van der Waals surface area contributed by atoms with Gasteiger partial charge in [0.15, 0.2) is 0 Å². The van der Waals surface area contributed by atoms with Gasteiger partial charge in [-0.3, -0.25) is 0 Å². The zero-order valence-corrected chi connectivity index (χ0v) is 8.33. The first-order chi connectivity index (χ1) is 0. The Hall–Kier alpha value is 2.12. The minimum atomic E-state index is 0. The van der Waals surface area contributed by atoms with Crippen LogP contribution in [0.1, 0.15) is 0 Å². The van der Waals surface area contributed by atoms with Gasteiger partial charge in [-0.1, -0.05) is 0 Å². The van der Waals surface area contributed by atoms with E-state index in [1.807, 2.05) is 0 Å². The van der Waals surface area contributed by atoms with Crippen LogP contribution in [-0.4, -0.2) is 46.1 Å². The van der Waals surface area contributed by atoms with Gasteiger partial charge in [-0.15, -0.1) is 0 Å². The third-order valence-electron chi connectivity index (χ3n) is 0. The van der Waals surface area contributed by atoms with E-state index in [0.29, 0.717) is 0 Å². The van der Waals surface area contributed by atoms with Crippen molar-refractivity contribution in [3.63, 3.8) is 0 Å². The molecule has 4 heteroatoms. The molecule has 0 amide bonds. The SMILES string of the molecule is [Mg].[Mg].[O].[Zn]. The normalized spacial score (nSPS) is 0. The van der Waals surface area contributed by atoms with Crippen LogP contribution in [0.3, 0.4) is 0 Å². The molecule has 0 N–H and O–H groups in total. The summed E-state index contributed by atoms with van der Waals surface area (Å²) < 4.78 is 0. The van der Waals surface area contributed by atoms with Gasteiger partial charge >= 0.3 is 0 Å². The molecule has 0 spiro atoms. The molecular weight excluding hydrogens is 130 g/mol. The molecule has 0 aliphatic heterocycles. The van der Waals surface area contributed by atoms with E-state index < -0.39 is 0 Å². The van der Waals surface area contributed by atoms with Gasteiger partial charge in [0.25, 0.3) is 0 Å². The average molecular weight is 130 g/mol. The van der Waals surface area contributed by atoms with Gasteiger partial charge < -0.3 is 0 Å².